The van der Waals surface area contributed by atoms with E-state index in [9.17, 15) is 20.1 Å². The van der Waals surface area contributed by atoms with Gasteiger partial charge in [0.15, 0.2) is 12.4 Å². The number of esters is 1. The fourth-order valence-corrected chi connectivity index (χ4v) is 9.59. The second-order valence-electron chi connectivity index (χ2n) is 16.8. The van der Waals surface area contributed by atoms with E-state index >= 15 is 0 Å². The zero-order valence-electron chi connectivity index (χ0n) is 36.6. The first-order chi connectivity index (χ1) is 31.4. The molecule has 346 valence electrons. The molecular weight excluding hydrogens is 837 g/mol. The smallest absolute Gasteiger partial charge is 0.335 e. The van der Waals surface area contributed by atoms with Crippen molar-refractivity contribution in [2.75, 3.05) is 19.0 Å². The standard InChI is InChI=1S/C51H64O12S/c1-2-64-51-44(54)47(46(41(29-52)62-51)60-40(28-35-18-8-3-9-19-35)49(55)59-33-39-26-16-7-17-27-39)63-50-48(58-32-38-24-14-6-15-25-38)43(53)45(57-31-37-22-12-5-13-23-37)42(61-50)34-56-30-36-20-10-4-11-21-36/h4-7,10-17,20-27,35,40-48,50-54H,2-3,8-9,18-19,28-34H2,1H3/t40-,41+,42+,43-,44+,45-,46-,47+,48+,50-,51-/m0/s1. The molecule has 2 heterocycles. The molecule has 0 amide bonds. The molecule has 0 radical (unpaired) electrons. The summed E-state index contributed by atoms with van der Waals surface area (Å²) in [4.78, 5) is 14.1. The van der Waals surface area contributed by atoms with E-state index in [2.05, 4.69) is 0 Å². The maximum atomic E-state index is 14.1. The molecule has 1 saturated carbocycles. The normalized spacial score (nSPS) is 28.1. The van der Waals surface area contributed by atoms with Crippen molar-refractivity contribution in [1.29, 1.82) is 0 Å². The lowest BCUT2D eigenvalue weighted by Gasteiger charge is -2.49. The molecule has 7 rings (SSSR count). The van der Waals surface area contributed by atoms with Crippen molar-refractivity contribution in [2.45, 2.75) is 139 Å². The summed E-state index contributed by atoms with van der Waals surface area (Å²) in [5.74, 6) is 0.258. The van der Waals surface area contributed by atoms with E-state index in [4.69, 9.17) is 37.9 Å². The first-order valence-corrected chi connectivity index (χ1v) is 23.8. The van der Waals surface area contributed by atoms with Crippen LogP contribution in [0.25, 0.3) is 0 Å². The third-order valence-electron chi connectivity index (χ3n) is 12.1. The Kier molecular flexibility index (Phi) is 19.1. The van der Waals surface area contributed by atoms with Crippen LogP contribution in [0.15, 0.2) is 121 Å². The Bertz CT molecular complexity index is 1900. The summed E-state index contributed by atoms with van der Waals surface area (Å²) >= 11 is 1.36. The molecule has 0 aromatic heterocycles. The molecule has 2 saturated heterocycles. The van der Waals surface area contributed by atoms with Gasteiger partial charge in [0.25, 0.3) is 0 Å². The molecule has 3 fully saturated rings. The van der Waals surface area contributed by atoms with Crippen LogP contribution in [0.3, 0.4) is 0 Å². The minimum atomic E-state index is -1.32. The summed E-state index contributed by atoms with van der Waals surface area (Å²) in [6.07, 6.45) is -5.75. The molecule has 12 nitrogen and oxygen atoms in total. The number of hydrogen-bond donors (Lipinski definition) is 3. The molecule has 1 aliphatic carbocycles. The molecule has 0 spiro atoms. The van der Waals surface area contributed by atoms with Gasteiger partial charge in [-0.3, -0.25) is 0 Å². The molecule has 64 heavy (non-hydrogen) atoms. The number of carbonyl (C=O) groups excluding carboxylic acids is 1. The lowest BCUT2D eigenvalue weighted by atomic mass is 9.85. The van der Waals surface area contributed by atoms with E-state index in [0.717, 1.165) is 54.4 Å². The average Bonchev–Trinajstić information content (AvgIpc) is 3.33. The lowest BCUT2D eigenvalue weighted by molar-refractivity contribution is -0.353. The van der Waals surface area contributed by atoms with Crippen molar-refractivity contribution in [2.24, 2.45) is 5.92 Å². The van der Waals surface area contributed by atoms with Crippen LogP contribution in [0.4, 0.5) is 0 Å². The quantitative estimate of drug-likeness (QED) is 0.0687. The Morgan fingerprint density at radius 3 is 1.77 bits per heavy atom. The third kappa shape index (κ3) is 13.7. The average molecular weight is 901 g/mol. The number of carbonyl (C=O) groups is 1. The Balaban J connectivity index is 1.19. The lowest BCUT2D eigenvalue weighted by Crippen LogP contribution is -2.65. The number of benzene rings is 4. The highest BCUT2D eigenvalue weighted by molar-refractivity contribution is 7.99. The van der Waals surface area contributed by atoms with Gasteiger partial charge in [0.1, 0.15) is 60.9 Å². The Morgan fingerprint density at radius 2 is 1.20 bits per heavy atom. The molecule has 4 aromatic rings. The summed E-state index contributed by atoms with van der Waals surface area (Å²) in [6, 6.07) is 38.4. The fourth-order valence-electron chi connectivity index (χ4n) is 8.68. The highest BCUT2D eigenvalue weighted by Gasteiger charge is 2.54. The van der Waals surface area contributed by atoms with Gasteiger partial charge in [0, 0.05) is 0 Å². The molecule has 0 bridgehead atoms. The number of ether oxygens (including phenoxy) is 8. The molecule has 2 aliphatic heterocycles. The first kappa shape index (κ1) is 48.2. The van der Waals surface area contributed by atoms with Crippen LogP contribution in [0.1, 0.15) is 67.7 Å². The van der Waals surface area contributed by atoms with E-state index in [1.54, 1.807) is 0 Å². The van der Waals surface area contributed by atoms with Gasteiger partial charge >= 0.3 is 5.97 Å². The van der Waals surface area contributed by atoms with Crippen LogP contribution in [0, 0.1) is 5.92 Å². The summed E-state index contributed by atoms with van der Waals surface area (Å²) in [7, 11) is 0. The van der Waals surface area contributed by atoms with E-state index < -0.39 is 79.2 Å². The maximum Gasteiger partial charge on any atom is 0.335 e. The topological polar surface area (TPSA) is 152 Å². The van der Waals surface area contributed by atoms with Crippen LogP contribution >= 0.6 is 11.8 Å². The maximum absolute atomic E-state index is 14.1. The van der Waals surface area contributed by atoms with E-state index in [1.807, 2.05) is 128 Å². The van der Waals surface area contributed by atoms with Gasteiger partial charge in [-0.2, -0.15) is 0 Å². The Hall–Kier alpha value is -3.70. The minimum absolute atomic E-state index is 0.0250. The van der Waals surface area contributed by atoms with Crippen LogP contribution < -0.4 is 0 Å². The number of thioether (sulfide) groups is 1. The van der Waals surface area contributed by atoms with Gasteiger partial charge in [0.05, 0.1) is 33.0 Å². The first-order valence-electron chi connectivity index (χ1n) is 22.7. The van der Waals surface area contributed by atoms with Crippen LogP contribution in [0.5, 0.6) is 0 Å². The molecular formula is C51H64O12S. The summed E-state index contributed by atoms with van der Waals surface area (Å²) in [5, 5.41) is 35.5. The van der Waals surface area contributed by atoms with Gasteiger partial charge in [-0.05, 0) is 40.3 Å². The van der Waals surface area contributed by atoms with Crippen molar-refractivity contribution in [1.82, 2.24) is 0 Å². The van der Waals surface area contributed by atoms with Crippen molar-refractivity contribution in [3.05, 3.63) is 144 Å². The highest BCUT2D eigenvalue weighted by Crippen LogP contribution is 2.38. The van der Waals surface area contributed by atoms with Crippen molar-refractivity contribution >= 4 is 17.7 Å². The minimum Gasteiger partial charge on any atom is -0.459 e. The van der Waals surface area contributed by atoms with Gasteiger partial charge < -0.3 is 53.2 Å². The predicted molar refractivity (Wildman–Crippen MR) is 242 cm³/mol. The monoisotopic (exact) mass is 900 g/mol. The largest absolute Gasteiger partial charge is 0.459 e. The zero-order valence-corrected chi connectivity index (χ0v) is 37.4. The van der Waals surface area contributed by atoms with Gasteiger partial charge in [-0.25, -0.2) is 4.79 Å². The van der Waals surface area contributed by atoms with Gasteiger partial charge in [-0.15, -0.1) is 11.8 Å². The van der Waals surface area contributed by atoms with Crippen LogP contribution in [0.2, 0.25) is 0 Å². The Morgan fingerprint density at radius 1 is 0.656 bits per heavy atom. The zero-order chi connectivity index (χ0) is 44.5. The number of aliphatic hydroxyl groups excluding tert-OH is 3. The van der Waals surface area contributed by atoms with Crippen LogP contribution in [-0.4, -0.2) is 107 Å². The van der Waals surface area contributed by atoms with Crippen molar-refractivity contribution in [3.63, 3.8) is 0 Å². The number of aliphatic hydroxyl groups is 3. The summed E-state index contributed by atoms with van der Waals surface area (Å²) in [5.41, 5.74) is 2.74. The second-order valence-corrected chi connectivity index (χ2v) is 18.1. The Labute approximate surface area is 381 Å². The van der Waals surface area contributed by atoms with Crippen molar-refractivity contribution in [3.8, 4) is 0 Å². The van der Waals surface area contributed by atoms with E-state index in [1.165, 1.54) is 11.8 Å². The highest BCUT2D eigenvalue weighted by atomic mass is 32.2. The SMILES string of the molecule is CCS[C@@H]1O[C@H](CO)[C@H](O[C@@H](CC2CCCCC2)C(=O)OCc2ccccc2)[C@H](O[C@@H]2O[C@H](COCc3ccccc3)[C@H](OCc3ccccc3)[C@H](O)[C@H]2OCc2ccccc2)[C@H]1O. The van der Waals surface area contributed by atoms with Gasteiger partial charge in [0.2, 0.25) is 0 Å². The number of hydrogen-bond acceptors (Lipinski definition) is 13. The second kappa shape index (κ2) is 25.3. The van der Waals surface area contributed by atoms with Crippen molar-refractivity contribution < 1.29 is 58.0 Å². The van der Waals surface area contributed by atoms with Crippen LogP contribution in [-0.2, 0) is 69.1 Å². The molecule has 3 aliphatic rings. The number of rotatable bonds is 22. The molecule has 13 heteroatoms. The van der Waals surface area contributed by atoms with Gasteiger partial charge in [-0.1, -0.05) is 160 Å². The molecule has 4 aromatic carbocycles. The molecule has 11 atom stereocenters. The predicted octanol–water partition coefficient (Wildman–Crippen LogP) is 7.14. The van der Waals surface area contributed by atoms with E-state index in [-0.39, 0.29) is 39.0 Å². The molecule has 3 N–H and O–H groups in total. The van der Waals surface area contributed by atoms with E-state index in [0.29, 0.717) is 12.2 Å². The summed E-state index contributed by atoms with van der Waals surface area (Å²) < 4.78 is 51.9. The third-order valence-corrected chi connectivity index (χ3v) is 13.1. The summed E-state index contributed by atoms with van der Waals surface area (Å²) in [6.45, 7) is 2.11. The molecule has 0 unspecified atom stereocenters. The fraction of sp³-hybridized carbons (Fsp3) is 0.510.